The van der Waals surface area contributed by atoms with Crippen molar-refractivity contribution in [2.24, 2.45) is 5.92 Å². The molecule has 1 heterocycles. The van der Waals surface area contributed by atoms with Gasteiger partial charge in [-0.2, -0.15) is 0 Å². The summed E-state index contributed by atoms with van der Waals surface area (Å²) in [7, 11) is 0. The summed E-state index contributed by atoms with van der Waals surface area (Å²) in [5.41, 5.74) is 0.731. The summed E-state index contributed by atoms with van der Waals surface area (Å²) in [4.78, 5) is 23.4. The Morgan fingerprint density at radius 3 is 2.33 bits per heavy atom. The van der Waals surface area contributed by atoms with Gasteiger partial charge in [-0.3, -0.25) is 9.59 Å². The molecular weight excluding hydrogens is 250 g/mol. The molecule has 0 saturated heterocycles. The van der Waals surface area contributed by atoms with E-state index in [0.717, 1.165) is 12.1 Å². The number of pyridine rings is 1. The molecule has 0 radical (unpaired) electrons. The molecule has 0 aliphatic carbocycles. The van der Waals surface area contributed by atoms with Crippen LogP contribution in [0.2, 0.25) is 0 Å². The second-order valence-electron chi connectivity index (χ2n) is 5.24. The first-order chi connectivity index (χ1) is 8.34. The smallest absolute Gasteiger partial charge is 0.262 e. The highest BCUT2D eigenvalue weighted by Gasteiger charge is 2.15. The van der Waals surface area contributed by atoms with E-state index in [1.807, 2.05) is 19.9 Å². The van der Waals surface area contributed by atoms with Gasteiger partial charge in [-0.15, -0.1) is 0 Å². The van der Waals surface area contributed by atoms with E-state index >= 15 is 0 Å². The molecule has 0 aliphatic heterocycles. The molecule has 1 aromatic rings. The lowest BCUT2D eigenvalue weighted by Crippen LogP contribution is -2.28. The van der Waals surface area contributed by atoms with E-state index in [-0.39, 0.29) is 17.0 Å². The van der Waals surface area contributed by atoms with Crippen molar-refractivity contribution >= 4 is 16.8 Å². The zero-order valence-electron chi connectivity index (χ0n) is 11.4. The molecule has 18 heavy (non-hydrogen) atoms. The molecule has 0 N–H and O–H groups in total. The Bertz CT molecular complexity index is 489. The van der Waals surface area contributed by atoms with Crippen molar-refractivity contribution < 1.29 is 4.79 Å². The van der Waals surface area contributed by atoms with Crippen LogP contribution in [0.1, 0.15) is 56.1 Å². The number of carbonyl (C=O) groups is 1. The van der Waals surface area contributed by atoms with E-state index in [2.05, 4.69) is 13.8 Å². The topological polar surface area (TPSA) is 39.1 Å². The van der Waals surface area contributed by atoms with Crippen molar-refractivity contribution in [3.05, 3.63) is 33.7 Å². The Labute approximate surface area is 113 Å². The molecule has 0 spiro atoms. The Balaban J connectivity index is 3.27. The normalized spacial score (nSPS) is 11.3. The molecule has 4 heteroatoms. The van der Waals surface area contributed by atoms with Crippen LogP contribution in [-0.2, 0) is 6.54 Å². The number of hydrogen-bond donors (Lipinski definition) is 0. The Kier molecular flexibility index (Phi) is 5.15. The number of hydrogen-bond acceptors (Lipinski definition) is 2. The maximum Gasteiger partial charge on any atom is 0.262 e. The van der Waals surface area contributed by atoms with Gasteiger partial charge in [0.05, 0.1) is 5.56 Å². The van der Waals surface area contributed by atoms with E-state index in [0.29, 0.717) is 12.5 Å². The maximum atomic E-state index is 12.2. The van der Waals surface area contributed by atoms with Gasteiger partial charge in [0.1, 0.15) is 0 Å². The molecule has 0 fully saturated rings. The van der Waals surface area contributed by atoms with Gasteiger partial charge in [0.2, 0.25) is 0 Å². The average Bonchev–Trinajstić information content (AvgIpc) is 2.25. The number of halogens is 1. The molecule has 0 bridgehead atoms. The molecule has 0 atom stereocenters. The van der Waals surface area contributed by atoms with Gasteiger partial charge < -0.3 is 4.57 Å². The Morgan fingerprint density at radius 1 is 1.28 bits per heavy atom. The van der Waals surface area contributed by atoms with Gasteiger partial charge in [0.25, 0.3) is 10.8 Å². The highest BCUT2D eigenvalue weighted by molar-refractivity contribution is 6.67. The van der Waals surface area contributed by atoms with Crippen molar-refractivity contribution in [1.82, 2.24) is 4.57 Å². The van der Waals surface area contributed by atoms with Crippen LogP contribution in [0.3, 0.4) is 0 Å². The van der Waals surface area contributed by atoms with Crippen LogP contribution in [0.4, 0.5) is 0 Å². The SMILES string of the molecule is CC(C)CCn1c(C(C)C)ccc(C(=O)Cl)c1=O. The molecule has 0 unspecified atom stereocenters. The average molecular weight is 270 g/mol. The van der Waals surface area contributed by atoms with Gasteiger partial charge in [0.15, 0.2) is 0 Å². The lowest BCUT2D eigenvalue weighted by Gasteiger charge is -2.17. The quantitative estimate of drug-likeness (QED) is 0.769. The highest BCUT2D eigenvalue weighted by Crippen LogP contribution is 2.15. The summed E-state index contributed by atoms with van der Waals surface area (Å²) in [6.45, 7) is 8.90. The third-order valence-corrected chi connectivity index (χ3v) is 3.14. The summed E-state index contributed by atoms with van der Waals surface area (Å²) in [5, 5.41) is -0.686. The fourth-order valence-corrected chi connectivity index (χ4v) is 2.01. The molecule has 1 rings (SSSR count). The molecular formula is C14H20ClNO2. The van der Waals surface area contributed by atoms with Gasteiger partial charge in [-0.25, -0.2) is 0 Å². The molecule has 0 aliphatic rings. The van der Waals surface area contributed by atoms with Crippen LogP contribution in [0.25, 0.3) is 0 Å². The van der Waals surface area contributed by atoms with Gasteiger partial charge >= 0.3 is 0 Å². The fraction of sp³-hybridized carbons (Fsp3) is 0.571. The van der Waals surface area contributed by atoms with Crippen LogP contribution in [0, 0.1) is 5.92 Å². The Morgan fingerprint density at radius 2 is 1.89 bits per heavy atom. The summed E-state index contributed by atoms with van der Waals surface area (Å²) in [6.07, 6.45) is 0.902. The zero-order valence-corrected chi connectivity index (χ0v) is 12.1. The summed E-state index contributed by atoms with van der Waals surface area (Å²) >= 11 is 5.42. The molecule has 1 aromatic heterocycles. The lowest BCUT2D eigenvalue weighted by molar-refractivity contribution is 0.107. The first kappa shape index (κ1) is 15.0. The summed E-state index contributed by atoms with van der Waals surface area (Å²) in [6, 6.07) is 3.35. The minimum absolute atomic E-state index is 0.0600. The van der Waals surface area contributed by atoms with Crippen molar-refractivity contribution in [2.75, 3.05) is 0 Å². The largest absolute Gasteiger partial charge is 0.312 e. The highest BCUT2D eigenvalue weighted by atomic mass is 35.5. The molecule has 0 amide bonds. The monoisotopic (exact) mass is 269 g/mol. The Hall–Kier alpha value is -1.09. The minimum Gasteiger partial charge on any atom is -0.312 e. The third kappa shape index (κ3) is 3.45. The number of nitrogens with zero attached hydrogens (tertiary/aromatic N) is 1. The third-order valence-electron chi connectivity index (χ3n) is 2.94. The predicted molar refractivity (Wildman–Crippen MR) is 74.4 cm³/mol. The van der Waals surface area contributed by atoms with Crippen LogP contribution < -0.4 is 5.56 Å². The van der Waals surface area contributed by atoms with Crippen LogP contribution in [-0.4, -0.2) is 9.81 Å². The van der Waals surface area contributed by atoms with Gasteiger partial charge in [-0.1, -0.05) is 27.7 Å². The van der Waals surface area contributed by atoms with Crippen molar-refractivity contribution in [3.63, 3.8) is 0 Å². The van der Waals surface area contributed by atoms with Gasteiger partial charge in [0, 0.05) is 12.2 Å². The van der Waals surface area contributed by atoms with Crippen LogP contribution >= 0.6 is 11.6 Å². The van der Waals surface area contributed by atoms with E-state index in [4.69, 9.17) is 11.6 Å². The van der Waals surface area contributed by atoms with Crippen molar-refractivity contribution in [1.29, 1.82) is 0 Å². The second kappa shape index (κ2) is 6.19. The second-order valence-corrected chi connectivity index (χ2v) is 5.58. The van der Waals surface area contributed by atoms with Crippen molar-refractivity contribution in [3.8, 4) is 0 Å². The number of carbonyl (C=O) groups excluding carboxylic acids is 1. The summed E-state index contributed by atoms with van der Waals surface area (Å²) < 4.78 is 1.68. The number of aromatic nitrogens is 1. The van der Waals surface area contributed by atoms with E-state index in [1.165, 1.54) is 6.07 Å². The minimum atomic E-state index is -0.686. The maximum absolute atomic E-state index is 12.2. The summed E-state index contributed by atoms with van der Waals surface area (Å²) in [5.74, 6) is 0.747. The van der Waals surface area contributed by atoms with E-state index in [9.17, 15) is 9.59 Å². The van der Waals surface area contributed by atoms with E-state index in [1.54, 1.807) is 4.57 Å². The zero-order chi connectivity index (χ0) is 13.9. The van der Waals surface area contributed by atoms with E-state index < -0.39 is 5.24 Å². The van der Waals surface area contributed by atoms with Crippen molar-refractivity contribution in [2.45, 2.75) is 46.6 Å². The molecule has 100 valence electrons. The molecule has 0 saturated carbocycles. The van der Waals surface area contributed by atoms with Crippen LogP contribution in [0.5, 0.6) is 0 Å². The standard InChI is InChI=1S/C14H20ClNO2/c1-9(2)7-8-16-12(10(3)4)6-5-11(13(15)17)14(16)18/h5-6,9-10H,7-8H2,1-4H3. The first-order valence-corrected chi connectivity index (χ1v) is 6.66. The predicted octanol–water partition coefficient (Wildman–Crippen LogP) is 3.40. The molecule has 3 nitrogen and oxygen atoms in total. The number of rotatable bonds is 5. The van der Waals surface area contributed by atoms with Crippen LogP contribution in [0.15, 0.2) is 16.9 Å². The molecule has 0 aromatic carbocycles. The van der Waals surface area contributed by atoms with Gasteiger partial charge in [-0.05, 0) is 42.0 Å². The first-order valence-electron chi connectivity index (χ1n) is 6.28. The lowest BCUT2D eigenvalue weighted by atomic mass is 10.1. The fourth-order valence-electron chi connectivity index (χ4n) is 1.86.